The SMILES string of the molecule is C[C@](O)(CO)c1ccc(C(=O)O)cc1. The highest BCUT2D eigenvalue weighted by molar-refractivity contribution is 5.87. The summed E-state index contributed by atoms with van der Waals surface area (Å²) in [6.45, 7) is 1.06. The Bertz CT molecular complexity index is 326. The summed E-state index contributed by atoms with van der Waals surface area (Å²) in [4.78, 5) is 10.5. The molecular formula is C10H12O4. The van der Waals surface area contributed by atoms with E-state index in [4.69, 9.17) is 10.2 Å². The Labute approximate surface area is 81.4 Å². The summed E-state index contributed by atoms with van der Waals surface area (Å²) >= 11 is 0. The molecule has 14 heavy (non-hydrogen) atoms. The summed E-state index contributed by atoms with van der Waals surface area (Å²) in [5.41, 5.74) is -0.677. The zero-order valence-electron chi connectivity index (χ0n) is 7.77. The number of benzene rings is 1. The van der Waals surface area contributed by atoms with Crippen LogP contribution in [0, 0.1) is 0 Å². The standard InChI is InChI=1S/C10H12O4/c1-10(14,6-11)8-4-2-7(3-5-8)9(12)13/h2-5,11,14H,6H2,1H3,(H,12,13)/t10-/m0/s1. The summed E-state index contributed by atoms with van der Waals surface area (Å²) in [5.74, 6) is -1.01. The van der Waals surface area contributed by atoms with Crippen LogP contribution in [-0.4, -0.2) is 27.9 Å². The van der Waals surface area contributed by atoms with Gasteiger partial charge in [-0.1, -0.05) is 12.1 Å². The average molecular weight is 196 g/mol. The first-order chi connectivity index (χ1) is 6.47. The van der Waals surface area contributed by atoms with Crippen molar-refractivity contribution in [3.05, 3.63) is 35.4 Å². The maximum atomic E-state index is 10.5. The second-order valence-corrected chi connectivity index (χ2v) is 3.31. The first-order valence-electron chi connectivity index (χ1n) is 4.14. The number of rotatable bonds is 3. The third kappa shape index (κ3) is 2.10. The van der Waals surface area contributed by atoms with Crippen LogP contribution >= 0.6 is 0 Å². The molecule has 0 spiro atoms. The summed E-state index contributed by atoms with van der Waals surface area (Å²) in [6.07, 6.45) is 0. The monoisotopic (exact) mass is 196 g/mol. The molecule has 0 aliphatic rings. The van der Waals surface area contributed by atoms with Gasteiger partial charge in [0, 0.05) is 0 Å². The van der Waals surface area contributed by atoms with E-state index >= 15 is 0 Å². The lowest BCUT2D eigenvalue weighted by Gasteiger charge is -2.20. The minimum Gasteiger partial charge on any atom is -0.478 e. The number of aliphatic hydroxyl groups excluding tert-OH is 1. The molecule has 0 heterocycles. The Kier molecular flexibility index (Phi) is 2.88. The largest absolute Gasteiger partial charge is 0.478 e. The average Bonchev–Trinajstić information content (AvgIpc) is 2.18. The van der Waals surface area contributed by atoms with Crippen LogP contribution in [-0.2, 0) is 5.60 Å². The molecule has 76 valence electrons. The second kappa shape index (κ2) is 3.77. The van der Waals surface area contributed by atoms with Crippen molar-refractivity contribution in [2.75, 3.05) is 6.61 Å². The second-order valence-electron chi connectivity index (χ2n) is 3.31. The van der Waals surface area contributed by atoms with Crippen molar-refractivity contribution in [2.45, 2.75) is 12.5 Å². The normalized spacial score (nSPS) is 14.8. The van der Waals surface area contributed by atoms with Crippen LogP contribution < -0.4 is 0 Å². The van der Waals surface area contributed by atoms with Crippen LogP contribution in [0.1, 0.15) is 22.8 Å². The minimum atomic E-state index is -1.32. The van der Waals surface area contributed by atoms with Gasteiger partial charge in [0.2, 0.25) is 0 Å². The lowest BCUT2D eigenvalue weighted by molar-refractivity contribution is -0.00231. The molecule has 1 aromatic rings. The first-order valence-corrected chi connectivity index (χ1v) is 4.14. The molecule has 3 N–H and O–H groups in total. The molecule has 4 heteroatoms. The molecule has 0 radical (unpaired) electrons. The van der Waals surface area contributed by atoms with Crippen LogP contribution in [0.3, 0.4) is 0 Å². The summed E-state index contributed by atoms with van der Waals surface area (Å²) in [5, 5.41) is 27.1. The van der Waals surface area contributed by atoms with Gasteiger partial charge in [-0.15, -0.1) is 0 Å². The molecule has 0 amide bonds. The highest BCUT2D eigenvalue weighted by atomic mass is 16.4. The maximum Gasteiger partial charge on any atom is 0.335 e. The molecule has 0 fully saturated rings. The molecule has 0 saturated heterocycles. The first kappa shape index (κ1) is 10.7. The van der Waals surface area contributed by atoms with E-state index in [0.717, 1.165) is 0 Å². The number of carboxylic acid groups (broad SMARTS) is 1. The molecule has 0 bridgehead atoms. The molecule has 1 aromatic carbocycles. The highest BCUT2D eigenvalue weighted by Gasteiger charge is 2.21. The Morgan fingerprint density at radius 1 is 1.36 bits per heavy atom. The molecule has 1 rings (SSSR count). The quantitative estimate of drug-likeness (QED) is 0.661. The number of aromatic carboxylic acids is 1. The van der Waals surface area contributed by atoms with Gasteiger partial charge in [-0.25, -0.2) is 4.79 Å². The van der Waals surface area contributed by atoms with E-state index in [1.54, 1.807) is 0 Å². The molecule has 0 aliphatic heterocycles. The Morgan fingerprint density at radius 3 is 2.21 bits per heavy atom. The third-order valence-electron chi connectivity index (χ3n) is 2.06. The van der Waals surface area contributed by atoms with Gasteiger partial charge in [0.25, 0.3) is 0 Å². The highest BCUT2D eigenvalue weighted by Crippen LogP contribution is 2.19. The molecular weight excluding hydrogens is 184 g/mol. The van der Waals surface area contributed by atoms with Crippen molar-refractivity contribution >= 4 is 5.97 Å². The van der Waals surface area contributed by atoms with E-state index in [2.05, 4.69) is 0 Å². The lowest BCUT2D eigenvalue weighted by Crippen LogP contribution is -2.25. The topological polar surface area (TPSA) is 77.8 Å². The van der Waals surface area contributed by atoms with E-state index in [9.17, 15) is 9.90 Å². The van der Waals surface area contributed by atoms with E-state index in [1.807, 2.05) is 0 Å². The van der Waals surface area contributed by atoms with Crippen molar-refractivity contribution in [2.24, 2.45) is 0 Å². The zero-order chi connectivity index (χ0) is 10.8. The van der Waals surface area contributed by atoms with Gasteiger partial charge in [0.1, 0.15) is 5.60 Å². The van der Waals surface area contributed by atoms with E-state index in [0.29, 0.717) is 5.56 Å². The van der Waals surface area contributed by atoms with Crippen LogP contribution in [0.5, 0.6) is 0 Å². The number of hydrogen-bond donors (Lipinski definition) is 3. The molecule has 1 atom stereocenters. The zero-order valence-corrected chi connectivity index (χ0v) is 7.77. The van der Waals surface area contributed by atoms with E-state index in [-0.39, 0.29) is 5.56 Å². The van der Waals surface area contributed by atoms with Crippen molar-refractivity contribution in [3.63, 3.8) is 0 Å². The molecule has 0 aromatic heterocycles. The molecule has 0 aliphatic carbocycles. The summed E-state index contributed by atoms with van der Waals surface area (Å²) in [6, 6.07) is 5.75. The van der Waals surface area contributed by atoms with Gasteiger partial charge < -0.3 is 15.3 Å². The van der Waals surface area contributed by atoms with Crippen LogP contribution in [0.2, 0.25) is 0 Å². The number of aliphatic hydroxyl groups is 2. The Morgan fingerprint density at radius 2 is 1.86 bits per heavy atom. The van der Waals surface area contributed by atoms with Crippen molar-refractivity contribution in [1.29, 1.82) is 0 Å². The molecule has 4 nitrogen and oxygen atoms in total. The van der Waals surface area contributed by atoms with Crippen molar-refractivity contribution in [1.82, 2.24) is 0 Å². The minimum absolute atomic E-state index is 0.155. The Hall–Kier alpha value is -1.39. The third-order valence-corrected chi connectivity index (χ3v) is 2.06. The fourth-order valence-corrected chi connectivity index (χ4v) is 1.06. The van der Waals surface area contributed by atoms with Gasteiger partial charge in [0.05, 0.1) is 12.2 Å². The van der Waals surface area contributed by atoms with Crippen LogP contribution in [0.25, 0.3) is 0 Å². The fourth-order valence-electron chi connectivity index (χ4n) is 1.06. The van der Waals surface area contributed by atoms with Crippen molar-refractivity contribution < 1.29 is 20.1 Å². The lowest BCUT2D eigenvalue weighted by atomic mass is 9.96. The van der Waals surface area contributed by atoms with Gasteiger partial charge in [-0.2, -0.15) is 0 Å². The summed E-state index contributed by atoms with van der Waals surface area (Å²) < 4.78 is 0. The Balaban J connectivity index is 2.99. The van der Waals surface area contributed by atoms with E-state index < -0.39 is 18.2 Å². The predicted octanol–water partition coefficient (Wildman–Crippen LogP) is 0.585. The number of carboxylic acids is 1. The van der Waals surface area contributed by atoms with Gasteiger partial charge in [0.15, 0.2) is 0 Å². The van der Waals surface area contributed by atoms with Gasteiger partial charge in [-0.05, 0) is 24.6 Å². The maximum absolute atomic E-state index is 10.5. The molecule has 0 unspecified atom stereocenters. The summed E-state index contributed by atoms with van der Waals surface area (Å²) in [7, 11) is 0. The number of carbonyl (C=O) groups is 1. The fraction of sp³-hybridized carbons (Fsp3) is 0.300. The number of hydrogen-bond acceptors (Lipinski definition) is 3. The predicted molar refractivity (Wildman–Crippen MR) is 50.1 cm³/mol. The van der Waals surface area contributed by atoms with Crippen LogP contribution in [0.4, 0.5) is 0 Å². The van der Waals surface area contributed by atoms with Gasteiger partial charge in [-0.3, -0.25) is 0 Å². The van der Waals surface area contributed by atoms with Crippen molar-refractivity contribution in [3.8, 4) is 0 Å². The van der Waals surface area contributed by atoms with Gasteiger partial charge >= 0.3 is 5.97 Å². The smallest absolute Gasteiger partial charge is 0.335 e. The van der Waals surface area contributed by atoms with E-state index in [1.165, 1.54) is 31.2 Å². The molecule has 0 saturated carbocycles. The van der Waals surface area contributed by atoms with Crippen LogP contribution in [0.15, 0.2) is 24.3 Å².